The molecular formula is C26H22FN3O5. The number of aromatic nitrogens is 2. The van der Waals surface area contributed by atoms with Crippen LogP contribution >= 0.6 is 0 Å². The highest BCUT2D eigenvalue weighted by Crippen LogP contribution is 2.21. The first kappa shape index (κ1) is 23.6. The van der Waals surface area contributed by atoms with E-state index in [2.05, 4.69) is 15.5 Å². The van der Waals surface area contributed by atoms with Crippen LogP contribution in [-0.4, -0.2) is 29.1 Å². The number of para-hydroxylation sites is 1. The zero-order chi connectivity index (χ0) is 24.6. The minimum Gasteiger partial charge on any atom is -0.496 e. The molecule has 0 aliphatic heterocycles. The molecule has 9 heteroatoms. The van der Waals surface area contributed by atoms with Crippen LogP contribution in [0.1, 0.15) is 29.1 Å². The van der Waals surface area contributed by atoms with Crippen molar-refractivity contribution < 1.29 is 28.0 Å². The van der Waals surface area contributed by atoms with Gasteiger partial charge < -0.3 is 19.3 Å². The monoisotopic (exact) mass is 475 g/mol. The number of ether oxygens (including phenoxy) is 2. The van der Waals surface area contributed by atoms with Gasteiger partial charge in [-0.15, -0.1) is 0 Å². The zero-order valence-corrected chi connectivity index (χ0v) is 18.9. The molecule has 1 aromatic heterocycles. The number of nitrogens with one attached hydrogen (secondary N) is 1. The second kappa shape index (κ2) is 11.1. The summed E-state index contributed by atoms with van der Waals surface area (Å²) in [5.74, 6) is 0.519. The molecule has 0 radical (unpaired) electrons. The third-order valence-corrected chi connectivity index (χ3v) is 5.04. The summed E-state index contributed by atoms with van der Waals surface area (Å²) in [7, 11) is 1.50. The average molecular weight is 475 g/mol. The lowest BCUT2D eigenvalue weighted by Crippen LogP contribution is -2.13. The van der Waals surface area contributed by atoms with Gasteiger partial charge >= 0.3 is 5.97 Å². The molecule has 0 atom stereocenters. The Bertz CT molecular complexity index is 1300. The molecule has 0 aliphatic rings. The van der Waals surface area contributed by atoms with Crippen LogP contribution < -0.4 is 14.8 Å². The van der Waals surface area contributed by atoms with Crippen molar-refractivity contribution in [2.75, 3.05) is 12.4 Å². The summed E-state index contributed by atoms with van der Waals surface area (Å²) in [6, 6.07) is 19.2. The molecule has 4 aromatic rings. The van der Waals surface area contributed by atoms with Gasteiger partial charge in [-0.25, -0.2) is 4.39 Å². The lowest BCUT2D eigenvalue weighted by Gasteiger charge is -2.10. The van der Waals surface area contributed by atoms with Crippen LogP contribution in [0.3, 0.4) is 0 Å². The van der Waals surface area contributed by atoms with Crippen molar-refractivity contribution in [3.8, 4) is 22.9 Å². The number of carbonyl (C=O) groups excluding carboxylic acids is 2. The Labute approximate surface area is 200 Å². The first-order valence-electron chi connectivity index (χ1n) is 10.9. The number of hydrogen-bond donors (Lipinski definition) is 1. The minimum atomic E-state index is -0.408. The van der Waals surface area contributed by atoms with Gasteiger partial charge in [-0.2, -0.15) is 4.98 Å². The molecule has 0 saturated carbocycles. The molecule has 4 rings (SSSR count). The summed E-state index contributed by atoms with van der Waals surface area (Å²) in [5.41, 5.74) is 1.61. The quantitative estimate of drug-likeness (QED) is 0.266. The smallest absolute Gasteiger partial charge is 0.311 e. The third-order valence-electron chi connectivity index (χ3n) is 5.04. The van der Waals surface area contributed by atoms with Crippen LogP contribution in [-0.2, 0) is 11.2 Å². The fourth-order valence-electron chi connectivity index (χ4n) is 3.28. The minimum absolute atomic E-state index is 0.153. The van der Waals surface area contributed by atoms with Gasteiger partial charge in [0.1, 0.15) is 17.3 Å². The van der Waals surface area contributed by atoms with Crippen LogP contribution in [0.2, 0.25) is 0 Å². The molecule has 35 heavy (non-hydrogen) atoms. The topological polar surface area (TPSA) is 104 Å². The molecule has 1 heterocycles. The molecule has 1 amide bonds. The fourth-order valence-corrected chi connectivity index (χ4v) is 3.28. The number of rotatable bonds is 9. The maximum atomic E-state index is 13.0. The fraction of sp³-hybridized carbons (Fsp3) is 0.154. The standard InChI is InChI=1S/C26H22FN3O5/c1-33-22-6-3-2-5-21(22)26(32)28-19-13-15-20(16-14-19)34-24(31)8-4-7-23-29-25(30-35-23)17-9-11-18(27)12-10-17/h2-3,5-6,9-16H,4,7-8H2,1H3,(H,28,32). The second-order valence-corrected chi connectivity index (χ2v) is 7.53. The molecule has 0 spiro atoms. The van der Waals surface area contributed by atoms with Crippen LogP contribution in [0.15, 0.2) is 77.3 Å². The van der Waals surface area contributed by atoms with Gasteiger partial charge in [0.25, 0.3) is 5.91 Å². The highest BCUT2D eigenvalue weighted by Gasteiger charge is 2.13. The number of methoxy groups -OCH3 is 1. The average Bonchev–Trinajstić information content (AvgIpc) is 3.34. The number of hydrogen-bond acceptors (Lipinski definition) is 7. The van der Waals surface area contributed by atoms with Crippen molar-refractivity contribution in [2.24, 2.45) is 0 Å². The Morgan fingerprint density at radius 3 is 2.49 bits per heavy atom. The van der Waals surface area contributed by atoms with Crippen LogP contribution in [0.5, 0.6) is 11.5 Å². The Hall–Kier alpha value is -4.53. The van der Waals surface area contributed by atoms with E-state index in [-0.39, 0.29) is 18.1 Å². The lowest BCUT2D eigenvalue weighted by molar-refractivity contribution is -0.134. The van der Waals surface area contributed by atoms with Gasteiger partial charge in [-0.3, -0.25) is 9.59 Å². The molecule has 178 valence electrons. The second-order valence-electron chi connectivity index (χ2n) is 7.53. The Balaban J connectivity index is 1.24. The molecule has 0 unspecified atom stereocenters. The molecule has 3 aromatic carbocycles. The molecule has 0 fully saturated rings. The molecule has 1 N–H and O–H groups in total. The number of anilines is 1. The number of amides is 1. The van der Waals surface area contributed by atoms with Crippen LogP contribution in [0.25, 0.3) is 11.4 Å². The summed E-state index contributed by atoms with van der Waals surface area (Å²) >= 11 is 0. The SMILES string of the molecule is COc1ccccc1C(=O)Nc1ccc(OC(=O)CCCc2nc(-c3ccc(F)cc3)no2)cc1. The number of nitrogens with zero attached hydrogens (tertiary/aromatic N) is 2. The highest BCUT2D eigenvalue weighted by atomic mass is 19.1. The predicted octanol–water partition coefficient (Wildman–Crippen LogP) is 5.06. The summed E-state index contributed by atoms with van der Waals surface area (Å²) in [6.07, 6.45) is 1.01. The number of benzene rings is 3. The first-order chi connectivity index (χ1) is 17.0. The Kier molecular flexibility index (Phi) is 7.47. The summed E-state index contributed by atoms with van der Waals surface area (Å²) < 4.78 is 28.8. The van der Waals surface area contributed by atoms with E-state index in [9.17, 15) is 14.0 Å². The van der Waals surface area contributed by atoms with E-state index in [1.54, 1.807) is 60.7 Å². The van der Waals surface area contributed by atoms with E-state index in [0.717, 1.165) is 0 Å². The maximum Gasteiger partial charge on any atom is 0.311 e. The number of aryl methyl sites for hydroxylation is 1. The normalized spacial score (nSPS) is 10.6. The van der Waals surface area contributed by atoms with Crippen molar-refractivity contribution >= 4 is 17.6 Å². The van der Waals surface area contributed by atoms with Gasteiger partial charge in [0, 0.05) is 24.1 Å². The van der Waals surface area contributed by atoms with Crippen LogP contribution in [0, 0.1) is 5.82 Å². The lowest BCUT2D eigenvalue weighted by atomic mass is 10.2. The van der Waals surface area contributed by atoms with Gasteiger partial charge in [0.2, 0.25) is 11.7 Å². The van der Waals surface area contributed by atoms with E-state index in [0.29, 0.717) is 52.9 Å². The van der Waals surface area contributed by atoms with Crippen molar-refractivity contribution in [2.45, 2.75) is 19.3 Å². The molecular weight excluding hydrogens is 453 g/mol. The Morgan fingerprint density at radius 1 is 1.00 bits per heavy atom. The predicted molar refractivity (Wildman–Crippen MR) is 126 cm³/mol. The van der Waals surface area contributed by atoms with Crippen molar-refractivity contribution in [3.05, 3.63) is 90.1 Å². The van der Waals surface area contributed by atoms with E-state index in [4.69, 9.17) is 14.0 Å². The number of halogens is 1. The van der Waals surface area contributed by atoms with Gasteiger partial charge in [-0.1, -0.05) is 17.3 Å². The maximum absolute atomic E-state index is 13.0. The molecule has 0 aliphatic carbocycles. The summed E-state index contributed by atoms with van der Waals surface area (Å²) in [4.78, 5) is 28.9. The zero-order valence-electron chi connectivity index (χ0n) is 18.9. The van der Waals surface area contributed by atoms with Gasteiger partial charge in [0.05, 0.1) is 12.7 Å². The van der Waals surface area contributed by atoms with E-state index in [1.807, 2.05) is 0 Å². The van der Waals surface area contributed by atoms with E-state index >= 15 is 0 Å². The third kappa shape index (κ3) is 6.29. The molecule has 0 saturated heterocycles. The van der Waals surface area contributed by atoms with E-state index in [1.165, 1.54) is 19.2 Å². The highest BCUT2D eigenvalue weighted by molar-refractivity contribution is 6.06. The van der Waals surface area contributed by atoms with Crippen molar-refractivity contribution in [1.29, 1.82) is 0 Å². The molecule has 0 bridgehead atoms. The van der Waals surface area contributed by atoms with Crippen molar-refractivity contribution in [1.82, 2.24) is 10.1 Å². The molecule has 8 nitrogen and oxygen atoms in total. The summed E-state index contributed by atoms with van der Waals surface area (Å²) in [5, 5.41) is 6.66. The largest absolute Gasteiger partial charge is 0.496 e. The van der Waals surface area contributed by atoms with Gasteiger partial charge in [0.15, 0.2) is 0 Å². The summed E-state index contributed by atoms with van der Waals surface area (Å²) in [6.45, 7) is 0. The van der Waals surface area contributed by atoms with Crippen molar-refractivity contribution in [3.63, 3.8) is 0 Å². The van der Waals surface area contributed by atoms with E-state index < -0.39 is 5.97 Å². The number of carbonyl (C=O) groups is 2. The Morgan fingerprint density at radius 2 is 1.74 bits per heavy atom. The number of esters is 1. The van der Waals surface area contributed by atoms with Gasteiger partial charge in [-0.05, 0) is 67.1 Å². The first-order valence-corrected chi connectivity index (χ1v) is 10.9. The van der Waals surface area contributed by atoms with Crippen LogP contribution in [0.4, 0.5) is 10.1 Å².